The minimum absolute atomic E-state index is 0.121. The largest absolute Gasteiger partial charge is 0.392 e. The lowest BCUT2D eigenvalue weighted by molar-refractivity contribution is 0.0607. The Hall–Kier alpha value is -0.810. The van der Waals surface area contributed by atoms with E-state index in [-0.39, 0.29) is 12.1 Å². The van der Waals surface area contributed by atoms with Gasteiger partial charge in [0.2, 0.25) is 0 Å². The molecule has 2 N–H and O–H groups in total. The first-order chi connectivity index (χ1) is 10.1. The minimum atomic E-state index is -0.162. The predicted octanol–water partition coefficient (Wildman–Crippen LogP) is 1.03. The topological polar surface area (TPSA) is 55.8 Å². The van der Waals surface area contributed by atoms with Crippen LogP contribution in [0.3, 0.4) is 0 Å². The third kappa shape index (κ3) is 2.55. The first-order valence-electron chi connectivity index (χ1n) is 8.58. The van der Waals surface area contributed by atoms with Crippen LogP contribution in [-0.4, -0.2) is 65.8 Å². The second-order valence-corrected chi connectivity index (χ2v) is 7.80. The Morgan fingerprint density at radius 2 is 1.95 bits per heavy atom. The molecule has 5 heteroatoms. The number of nitrogens with one attached hydrogen (secondary N) is 1. The van der Waals surface area contributed by atoms with E-state index in [1.54, 1.807) is 0 Å². The smallest absolute Gasteiger partial charge is 0.317 e. The van der Waals surface area contributed by atoms with Crippen molar-refractivity contribution < 1.29 is 9.90 Å². The highest BCUT2D eigenvalue weighted by Gasteiger charge is 2.45. The van der Waals surface area contributed by atoms with E-state index in [4.69, 9.17) is 0 Å². The molecule has 5 nitrogen and oxygen atoms in total. The molecule has 2 heterocycles. The van der Waals surface area contributed by atoms with Crippen molar-refractivity contribution in [3.63, 3.8) is 0 Å². The summed E-state index contributed by atoms with van der Waals surface area (Å²) in [6, 6.07) is 0.587. The summed E-state index contributed by atoms with van der Waals surface area (Å²) in [4.78, 5) is 16.5. The van der Waals surface area contributed by atoms with Gasteiger partial charge in [-0.25, -0.2) is 4.79 Å². The summed E-state index contributed by atoms with van der Waals surface area (Å²) in [5.41, 5.74) is 0.434. The quantitative estimate of drug-likeness (QED) is 0.817. The number of aliphatic hydroxyl groups excluding tert-OH is 1. The van der Waals surface area contributed by atoms with Crippen molar-refractivity contribution in [1.82, 2.24) is 15.1 Å². The number of carbonyl (C=O) groups excluding carboxylic acids is 1. The number of amides is 2. The molecule has 4 fully saturated rings. The molecule has 0 radical (unpaired) electrons. The third-order valence-electron chi connectivity index (χ3n) is 6.36. The van der Waals surface area contributed by atoms with Crippen LogP contribution < -0.4 is 5.32 Å². The van der Waals surface area contributed by atoms with Gasteiger partial charge in [-0.2, -0.15) is 0 Å². The van der Waals surface area contributed by atoms with Crippen LogP contribution in [-0.2, 0) is 0 Å². The molecule has 4 aliphatic rings. The molecular formula is C16H27N3O2. The summed E-state index contributed by atoms with van der Waals surface area (Å²) in [6.45, 7) is 4.30. The summed E-state index contributed by atoms with van der Waals surface area (Å²) < 4.78 is 0. The van der Waals surface area contributed by atoms with Gasteiger partial charge in [0.1, 0.15) is 0 Å². The number of likely N-dealkylation sites (tertiary alicyclic amines) is 2. The van der Waals surface area contributed by atoms with Crippen LogP contribution >= 0.6 is 0 Å². The molecule has 2 saturated heterocycles. The van der Waals surface area contributed by atoms with Crippen LogP contribution in [0.25, 0.3) is 0 Å². The molecule has 0 aromatic heterocycles. The van der Waals surface area contributed by atoms with Gasteiger partial charge in [-0.1, -0.05) is 0 Å². The van der Waals surface area contributed by atoms with Gasteiger partial charge in [0, 0.05) is 38.8 Å². The van der Waals surface area contributed by atoms with Crippen LogP contribution in [0.5, 0.6) is 0 Å². The Bertz CT molecular complexity index is 414. The van der Waals surface area contributed by atoms with Crippen molar-refractivity contribution >= 4 is 6.03 Å². The fourth-order valence-corrected chi connectivity index (χ4v) is 4.89. The van der Waals surface area contributed by atoms with Gasteiger partial charge in [0.05, 0.1) is 6.10 Å². The maximum Gasteiger partial charge on any atom is 0.317 e. The molecule has 2 aliphatic carbocycles. The molecular weight excluding hydrogens is 266 g/mol. The number of hydrogen-bond donors (Lipinski definition) is 2. The number of hydrogen-bond acceptors (Lipinski definition) is 3. The number of rotatable bonds is 3. The van der Waals surface area contributed by atoms with E-state index in [0.717, 1.165) is 45.1 Å². The Balaban J connectivity index is 1.21. The Labute approximate surface area is 126 Å². The lowest BCUT2D eigenvalue weighted by Gasteiger charge is -2.44. The zero-order valence-corrected chi connectivity index (χ0v) is 12.8. The van der Waals surface area contributed by atoms with Crippen LogP contribution in [0.1, 0.15) is 38.5 Å². The molecule has 21 heavy (non-hydrogen) atoms. The second kappa shape index (κ2) is 5.13. The van der Waals surface area contributed by atoms with E-state index >= 15 is 0 Å². The minimum Gasteiger partial charge on any atom is -0.392 e. The summed E-state index contributed by atoms with van der Waals surface area (Å²) in [7, 11) is 0. The standard InChI is InChI=1S/C16H27N3O2/c20-14-3-6-18(10-14)13-8-19(9-13)15(21)17-11-16-4-1-12(7-16)2-5-16/h12-14,20H,1-11H2,(H,17,21)/t12?,14-,16?/m1/s1. The lowest BCUT2D eigenvalue weighted by atomic mass is 9.84. The summed E-state index contributed by atoms with van der Waals surface area (Å²) in [5.74, 6) is 0.942. The molecule has 0 aromatic carbocycles. The molecule has 0 unspecified atom stereocenters. The zero-order valence-electron chi connectivity index (χ0n) is 12.8. The van der Waals surface area contributed by atoms with Crippen molar-refractivity contribution in [2.24, 2.45) is 11.3 Å². The highest BCUT2D eigenvalue weighted by atomic mass is 16.3. The molecule has 2 amide bonds. The van der Waals surface area contributed by atoms with Gasteiger partial charge in [-0.3, -0.25) is 4.90 Å². The monoisotopic (exact) mass is 293 g/mol. The number of nitrogens with zero attached hydrogens (tertiary/aromatic N) is 2. The van der Waals surface area contributed by atoms with Crippen LogP contribution in [0.2, 0.25) is 0 Å². The van der Waals surface area contributed by atoms with Gasteiger partial charge >= 0.3 is 6.03 Å². The average Bonchev–Trinajstić information content (AvgIpc) is 3.11. The number of carbonyl (C=O) groups is 1. The fraction of sp³-hybridized carbons (Fsp3) is 0.938. The van der Waals surface area contributed by atoms with E-state index in [0.29, 0.717) is 11.5 Å². The lowest BCUT2D eigenvalue weighted by Crippen LogP contribution is -2.63. The van der Waals surface area contributed by atoms with Gasteiger partial charge < -0.3 is 15.3 Å². The SMILES string of the molecule is O=C(NCC12CCC(CC1)C2)N1CC(N2CC[C@@H](O)C2)C1. The van der Waals surface area contributed by atoms with Crippen molar-refractivity contribution in [3.05, 3.63) is 0 Å². The summed E-state index contributed by atoms with van der Waals surface area (Å²) >= 11 is 0. The second-order valence-electron chi connectivity index (χ2n) is 7.80. The van der Waals surface area contributed by atoms with Crippen LogP contribution in [0.4, 0.5) is 4.79 Å². The number of fused-ring (bicyclic) bond motifs is 2. The van der Waals surface area contributed by atoms with E-state index in [9.17, 15) is 9.90 Å². The van der Waals surface area contributed by atoms with Gasteiger partial charge in [0.15, 0.2) is 0 Å². The molecule has 2 saturated carbocycles. The van der Waals surface area contributed by atoms with E-state index < -0.39 is 0 Å². The highest BCUT2D eigenvalue weighted by Crippen LogP contribution is 2.53. The zero-order chi connectivity index (χ0) is 14.4. The third-order valence-corrected chi connectivity index (χ3v) is 6.36. The molecule has 2 aliphatic heterocycles. The molecule has 4 rings (SSSR count). The van der Waals surface area contributed by atoms with Crippen molar-refractivity contribution in [1.29, 1.82) is 0 Å². The summed E-state index contributed by atoms with van der Waals surface area (Å²) in [6.07, 6.45) is 7.43. The molecule has 2 bridgehead atoms. The first kappa shape index (κ1) is 13.8. The van der Waals surface area contributed by atoms with E-state index in [1.807, 2.05) is 4.90 Å². The highest BCUT2D eigenvalue weighted by molar-refractivity contribution is 5.75. The predicted molar refractivity (Wildman–Crippen MR) is 80.0 cm³/mol. The Kier molecular flexibility index (Phi) is 3.38. The van der Waals surface area contributed by atoms with Gasteiger partial charge in [-0.05, 0) is 49.9 Å². The molecule has 0 spiro atoms. The number of β-amino-alcohol motifs (C(OH)–C–C–N with tert-alkyl or cyclic N) is 1. The molecule has 0 aromatic rings. The van der Waals surface area contributed by atoms with Crippen LogP contribution in [0, 0.1) is 11.3 Å². The van der Waals surface area contributed by atoms with Crippen molar-refractivity contribution in [2.75, 3.05) is 32.7 Å². The number of aliphatic hydroxyl groups is 1. The normalized spacial score (nSPS) is 39.8. The maximum absolute atomic E-state index is 12.2. The Morgan fingerprint density at radius 3 is 2.52 bits per heavy atom. The fourth-order valence-electron chi connectivity index (χ4n) is 4.89. The first-order valence-corrected chi connectivity index (χ1v) is 8.58. The van der Waals surface area contributed by atoms with Crippen molar-refractivity contribution in [3.8, 4) is 0 Å². The van der Waals surface area contributed by atoms with E-state index in [1.165, 1.54) is 32.1 Å². The maximum atomic E-state index is 12.2. The van der Waals surface area contributed by atoms with Crippen LogP contribution in [0.15, 0.2) is 0 Å². The van der Waals surface area contributed by atoms with E-state index in [2.05, 4.69) is 10.2 Å². The Morgan fingerprint density at radius 1 is 1.19 bits per heavy atom. The molecule has 1 atom stereocenters. The molecule has 118 valence electrons. The number of urea groups is 1. The van der Waals surface area contributed by atoms with Gasteiger partial charge in [-0.15, -0.1) is 0 Å². The average molecular weight is 293 g/mol. The summed E-state index contributed by atoms with van der Waals surface area (Å²) in [5, 5.41) is 12.8. The van der Waals surface area contributed by atoms with Gasteiger partial charge in [0.25, 0.3) is 0 Å². The van der Waals surface area contributed by atoms with Crippen molar-refractivity contribution in [2.45, 2.75) is 50.7 Å².